The van der Waals surface area contributed by atoms with Gasteiger partial charge in [-0.3, -0.25) is 4.79 Å². The van der Waals surface area contributed by atoms with Crippen molar-refractivity contribution in [2.45, 2.75) is 31.3 Å². The summed E-state index contributed by atoms with van der Waals surface area (Å²) in [5.74, 6) is -0.484. The van der Waals surface area contributed by atoms with Crippen molar-refractivity contribution in [3.05, 3.63) is 23.8 Å². The smallest absolute Gasteiger partial charge is 0.298 e. The molecular formula is C16H19N3O3. The van der Waals surface area contributed by atoms with Crippen molar-refractivity contribution in [1.29, 1.82) is 0 Å². The zero-order valence-electron chi connectivity index (χ0n) is 12.4. The van der Waals surface area contributed by atoms with Gasteiger partial charge in [0.05, 0.1) is 11.2 Å². The van der Waals surface area contributed by atoms with Gasteiger partial charge >= 0.3 is 0 Å². The Bertz CT molecular complexity index is 708. The fourth-order valence-electron chi connectivity index (χ4n) is 3.53. The van der Waals surface area contributed by atoms with Gasteiger partial charge in [0.1, 0.15) is 5.52 Å². The molecule has 2 saturated heterocycles. The van der Waals surface area contributed by atoms with Crippen LogP contribution >= 0.6 is 0 Å². The van der Waals surface area contributed by atoms with Crippen LogP contribution in [0.3, 0.4) is 0 Å². The molecule has 116 valence electrons. The van der Waals surface area contributed by atoms with Crippen molar-refractivity contribution in [3.63, 3.8) is 0 Å². The number of anilines is 1. The van der Waals surface area contributed by atoms with Crippen LogP contribution in [0, 0.1) is 0 Å². The quantitative estimate of drug-likeness (QED) is 0.918. The second-order valence-corrected chi connectivity index (χ2v) is 6.14. The Hall–Kier alpha value is -2.08. The third-order valence-corrected chi connectivity index (χ3v) is 4.80. The molecule has 0 atom stereocenters. The van der Waals surface area contributed by atoms with Crippen LogP contribution in [-0.4, -0.2) is 36.2 Å². The average molecular weight is 301 g/mol. The van der Waals surface area contributed by atoms with E-state index in [2.05, 4.69) is 9.88 Å². The molecule has 2 aromatic rings. The molecule has 2 aliphatic heterocycles. The number of oxazole rings is 1. The van der Waals surface area contributed by atoms with Crippen LogP contribution in [0.2, 0.25) is 0 Å². The SMILES string of the molecule is NC(=O)c1cccc2oc(N3CCC4(CCCO4)CC3)nc12. The fourth-order valence-corrected chi connectivity index (χ4v) is 3.53. The molecule has 6 heteroatoms. The molecule has 0 saturated carbocycles. The average Bonchev–Trinajstić information content (AvgIpc) is 3.14. The number of aromatic nitrogens is 1. The molecule has 6 nitrogen and oxygen atoms in total. The van der Waals surface area contributed by atoms with E-state index in [1.807, 2.05) is 6.07 Å². The van der Waals surface area contributed by atoms with Gasteiger partial charge in [0.2, 0.25) is 0 Å². The van der Waals surface area contributed by atoms with Gasteiger partial charge in [-0.05, 0) is 37.8 Å². The van der Waals surface area contributed by atoms with E-state index in [9.17, 15) is 4.79 Å². The highest BCUT2D eigenvalue weighted by Gasteiger charge is 2.39. The molecule has 2 fully saturated rings. The molecule has 0 radical (unpaired) electrons. The van der Waals surface area contributed by atoms with Gasteiger partial charge in [-0.2, -0.15) is 4.98 Å². The lowest BCUT2D eigenvalue weighted by Crippen LogP contribution is -2.44. The first-order valence-corrected chi connectivity index (χ1v) is 7.75. The van der Waals surface area contributed by atoms with E-state index in [0.29, 0.717) is 22.7 Å². The Kier molecular flexibility index (Phi) is 3.07. The summed E-state index contributed by atoms with van der Waals surface area (Å²) in [6.07, 6.45) is 4.30. The molecule has 0 unspecified atom stereocenters. The Balaban J connectivity index is 1.60. The van der Waals surface area contributed by atoms with Crippen molar-refractivity contribution >= 4 is 23.0 Å². The Morgan fingerprint density at radius 3 is 2.77 bits per heavy atom. The monoisotopic (exact) mass is 301 g/mol. The number of ether oxygens (including phenoxy) is 1. The van der Waals surface area contributed by atoms with E-state index in [1.54, 1.807) is 12.1 Å². The highest BCUT2D eigenvalue weighted by atomic mass is 16.5. The third-order valence-electron chi connectivity index (χ3n) is 4.80. The van der Waals surface area contributed by atoms with Gasteiger partial charge in [-0.15, -0.1) is 0 Å². The number of nitrogens with zero attached hydrogens (tertiary/aromatic N) is 2. The number of amides is 1. The number of carbonyl (C=O) groups excluding carboxylic acids is 1. The number of para-hydroxylation sites is 1. The van der Waals surface area contributed by atoms with Crippen molar-refractivity contribution < 1.29 is 13.9 Å². The van der Waals surface area contributed by atoms with E-state index >= 15 is 0 Å². The summed E-state index contributed by atoms with van der Waals surface area (Å²) in [6, 6.07) is 5.81. The third kappa shape index (κ3) is 2.14. The van der Waals surface area contributed by atoms with E-state index in [-0.39, 0.29) is 5.60 Å². The fraction of sp³-hybridized carbons (Fsp3) is 0.500. The maximum atomic E-state index is 11.5. The number of primary amides is 1. The minimum absolute atomic E-state index is 0.0703. The maximum Gasteiger partial charge on any atom is 0.298 e. The number of benzene rings is 1. The first-order chi connectivity index (χ1) is 10.7. The molecule has 4 rings (SSSR count). The molecule has 1 spiro atoms. The lowest BCUT2D eigenvalue weighted by molar-refractivity contribution is -0.0151. The molecule has 22 heavy (non-hydrogen) atoms. The number of rotatable bonds is 2. The lowest BCUT2D eigenvalue weighted by Gasteiger charge is -2.37. The summed E-state index contributed by atoms with van der Waals surface area (Å²) in [7, 11) is 0. The number of hydrogen-bond donors (Lipinski definition) is 1. The van der Waals surface area contributed by atoms with Crippen LogP contribution in [0.15, 0.2) is 22.6 Å². The molecule has 1 aromatic carbocycles. The van der Waals surface area contributed by atoms with Gasteiger partial charge < -0.3 is 19.8 Å². The van der Waals surface area contributed by atoms with Gasteiger partial charge in [-0.25, -0.2) is 0 Å². The second kappa shape index (κ2) is 4.98. The predicted octanol–water partition coefficient (Wildman–Crippen LogP) is 2.08. The Morgan fingerprint density at radius 2 is 2.09 bits per heavy atom. The lowest BCUT2D eigenvalue weighted by atomic mass is 9.89. The van der Waals surface area contributed by atoms with Gasteiger partial charge in [0.15, 0.2) is 5.58 Å². The summed E-state index contributed by atoms with van der Waals surface area (Å²) in [4.78, 5) is 18.1. The second-order valence-electron chi connectivity index (χ2n) is 6.14. The van der Waals surface area contributed by atoms with Gasteiger partial charge in [0, 0.05) is 19.7 Å². The molecule has 3 heterocycles. The van der Waals surface area contributed by atoms with Crippen molar-refractivity contribution in [2.24, 2.45) is 5.73 Å². The Morgan fingerprint density at radius 1 is 1.27 bits per heavy atom. The van der Waals surface area contributed by atoms with E-state index in [0.717, 1.165) is 45.4 Å². The molecule has 1 amide bonds. The first kappa shape index (κ1) is 13.6. The summed E-state index contributed by atoms with van der Waals surface area (Å²) in [5, 5.41) is 0. The molecule has 0 aliphatic carbocycles. The van der Waals surface area contributed by atoms with Crippen molar-refractivity contribution in [1.82, 2.24) is 4.98 Å². The summed E-state index contributed by atoms with van der Waals surface area (Å²) < 4.78 is 11.8. The summed E-state index contributed by atoms with van der Waals surface area (Å²) in [5.41, 5.74) is 7.01. The number of nitrogens with two attached hydrogens (primary N) is 1. The Labute approximate surface area is 128 Å². The van der Waals surface area contributed by atoms with Crippen LogP contribution in [-0.2, 0) is 4.74 Å². The summed E-state index contributed by atoms with van der Waals surface area (Å²) >= 11 is 0. The van der Waals surface area contributed by atoms with Crippen LogP contribution in [0.1, 0.15) is 36.0 Å². The molecule has 1 aromatic heterocycles. The maximum absolute atomic E-state index is 11.5. The van der Waals surface area contributed by atoms with Crippen molar-refractivity contribution in [2.75, 3.05) is 24.6 Å². The first-order valence-electron chi connectivity index (χ1n) is 7.75. The highest BCUT2D eigenvalue weighted by Crippen LogP contribution is 2.37. The predicted molar refractivity (Wildman–Crippen MR) is 81.9 cm³/mol. The zero-order valence-corrected chi connectivity index (χ0v) is 12.4. The zero-order chi connectivity index (χ0) is 15.2. The minimum atomic E-state index is -0.484. The van der Waals surface area contributed by atoms with E-state index < -0.39 is 5.91 Å². The van der Waals surface area contributed by atoms with Crippen LogP contribution < -0.4 is 10.6 Å². The standard InChI is InChI=1S/C16H19N3O3/c17-14(20)11-3-1-4-12-13(11)18-15(22-12)19-8-6-16(7-9-19)5-2-10-21-16/h1,3-4H,2,5-10H2,(H2,17,20). The van der Waals surface area contributed by atoms with Gasteiger partial charge in [0.25, 0.3) is 11.9 Å². The molecular weight excluding hydrogens is 282 g/mol. The number of hydrogen-bond acceptors (Lipinski definition) is 5. The molecule has 2 aliphatic rings. The number of piperidine rings is 1. The van der Waals surface area contributed by atoms with E-state index in [4.69, 9.17) is 14.9 Å². The normalized spacial score (nSPS) is 20.8. The highest BCUT2D eigenvalue weighted by molar-refractivity contribution is 6.03. The topological polar surface area (TPSA) is 81.6 Å². The van der Waals surface area contributed by atoms with Crippen LogP contribution in [0.5, 0.6) is 0 Å². The van der Waals surface area contributed by atoms with Crippen LogP contribution in [0.25, 0.3) is 11.1 Å². The van der Waals surface area contributed by atoms with Gasteiger partial charge in [-0.1, -0.05) is 6.07 Å². The van der Waals surface area contributed by atoms with E-state index in [1.165, 1.54) is 0 Å². The number of carbonyl (C=O) groups is 1. The molecule has 2 N–H and O–H groups in total. The van der Waals surface area contributed by atoms with Crippen LogP contribution in [0.4, 0.5) is 6.01 Å². The van der Waals surface area contributed by atoms with Crippen molar-refractivity contribution in [3.8, 4) is 0 Å². The largest absolute Gasteiger partial charge is 0.423 e. The number of fused-ring (bicyclic) bond motifs is 1. The molecule has 0 bridgehead atoms. The minimum Gasteiger partial charge on any atom is -0.423 e. The summed E-state index contributed by atoms with van der Waals surface area (Å²) in [6.45, 7) is 2.60.